The second-order valence-electron chi connectivity index (χ2n) is 4.45. The molecule has 0 fully saturated rings. The maximum absolute atomic E-state index is 6.09. The molecular formula is C13H19Cl2N3O2. The topological polar surface area (TPSA) is 47.5 Å². The van der Waals surface area contributed by atoms with Crippen LogP contribution in [0.3, 0.4) is 0 Å². The molecule has 2 rings (SSSR count). The summed E-state index contributed by atoms with van der Waals surface area (Å²) in [5, 5.41) is 0.639. The van der Waals surface area contributed by atoms with Gasteiger partial charge in [-0.3, -0.25) is 0 Å². The fourth-order valence-electron chi connectivity index (χ4n) is 2.32. The van der Waals surface area contributed by atoms with E-state index in [2.05, 4.69) is 14.9 Å². The highest BCUT2D eigenvalue weighted by atomic mass is 35.5. The third kappa shape index (κ3) is 3.73. The van der Waals surface area contributed by atoms with Crippen LogP contribution in [0.15, 0.2) is 0 Å². The number of anilines is 1. The number of hydrogen-bond donors (Lipinski definition) is 0. The lowest BCUT2D eigenvalue weighted by atomic mass is 10.3. The third-order valence-electron chi connectivity index (χ3n) is 3.18. The summed E-state index contributed by atoms with van der Waals surface area (Å²) < 4.78 is 11.1. The quantitative estimate of drug-likeness (QED) is 0.439. The van der Waals surface area contributed by atoms with Crippen LogP contribution in [-0.2, 0) is 15.9 Å². The van der Waals surface area contributed by atoms with Gasteiger partial charge in [0.2, 0.25) is 5.28 Å². The van der Waals surface area contributed by atoms with Gasteiger partial charge in [-0.1, -0.05) is 11.6 Å². The highest BCUT2D eigenvalue weighted by molar-refractivity contribution is 6.32. The largest absolute Gasteiger partial charge is 0.356 e. The molecule has 0 amide bonds. The minimum Gasteiger partial charge on any atom is -0.356 e. The second kappa shape index (κ2) is 7.41. The number of hydrogen-bond acceptors (Lipinski definition) is 5. The van der Waals surface area contributed by atoms with Crippen molar-refractivity contribution < 1.29 is 9.47 Å². The molecular weight excluding hydrogens is 301 g/mol. The van der Waals surface area contributed by atoms with E-state index in [0.29, 0.717) is 18.4 Å². The van der Waals surface area contributed by atoms with Gasteiger partial charge in [0.25, 0.3) is 0 Å². The lowest BCUT2D eigenvalue weighted by Crippen LogP contribution is -2.28. The van der Waals surface area contributed by atoms with E-state index < -0.39 is 0 Å². The Morgan fingerprint density at radius 1 is 1.20 bits per heavy atom. The van der Waals surface area contributed by atoms with Crippen molar-refractivity contribution in [3.05, 3.63) is 16.0 Å². The normalized spacial score (nSPS) is 14.2. The van der Waals surface area contributed by atoms with Crippen LogP contribution in [0.25, 0.3) is 0 Å². The average molecular weight is 320 g/mol. The molecule has 1 aromatic rings. The Morgan fingerprint density at radius 2 is 1.90 bits per heavy atom. The molecule has 5 nitrogen and oxygen atoms in total. The first-order valence-corrected chi connectivity index (χ1v) is 7.61. The highest BCUT2D eigenvalue weighted by Gasteiger charge is 2.25. The molecule has 1 aliphatic rings. The van der Waals surface area contributed by atoms with Gasteiger partial charge in [0.1, 0.15) is 11.0 Å². The molecule has 0 atom stereocenters. The van der Waals surface area contributed by atoms with Gasteiger partial charge in [0.05, 0.1) is 0 Å². The van der Waals surface area contributed by atoms with Crippen molar-refractivity contribution in [2.75, 3.05) is 31.2 Å². The lowest BCUT2D eigenvalue weighted by Gasteiger charge is -2.22. The number of halogens is 2. The summed E-state index contributed by atoms with van der Waals surface area (Å²) in [7, 11) is 0. The molecule has 1 aliphatic heterocycles. The number of nitrogens with zero attached hydrogens (tertiary/aromatic N) is 3. The lowest BCUT2D eigenvalue weighted by molar-refractivity contribution is -0.138. The molecule has 0 bridgehead atoms. The van der Waals surface area contributed by atoms with Crippen LogP contribution in [-0.4, -0.2) is 42.6 Å². The van der Waals surface area contributed by atoms with Crippen LogP contribution in [0.2, 0.25) is 10.4 Å². The predicted octanol–water partition coefficient (Wildman–Crippen LogP) is 2.94. The number of rotatable bonds is 7. The maximum Gasteiger partial charge on any atom is 0.225 e. The number of ether oxygens (including phenoxy) is 2. The Balaban J connectivity index is 1.99. The van der Waals surface area contributed by atoms with Gasteiger partial charge >= 0.3 is 0 Å². The summed E-state index contributed by atoms with van der Waals surface area (Å²) in [6.07, 6.45) is 1.45. The summed E-state index contributed by atoms with van der Waals surface area (Å²) in [4.78, 5) is 10.4. The van der Waals surface area contributed by atoms with E-state index in [9.17, 15) is 0 Å². The smallest absolute Gasteiger partial charge is 0.225 e. The first-order valence-electron chi connectivity index (χ1n) is 6.85. The Labute approximate surface area is 129 Å². The monoisotopic (exact) mass is 319 g/mol. The van der Waals surface area contributed by atoms with Gasteiger partial charge in [-0.2, -0.15) is 0 Å². The second-order valence-corrected chi connectivity index (χ2v) is 5.15. The van der Waals surface area contributed by atoms with Crippen molar-refractivity contribution >= 4 is 29.0 Å². The van der Waals surface area contributed by atoms with Gasteiger partial charge in [-0.25, -0.2) is 9.97 Å². The minimum atomic E-state index is -0.179. The van der Waals surface area contributed by atoms with Crippen molar-refractivity contribution in [2.24, 2.45) is 0 Å². The summed E-state index contributed by atoms with van der Waals surface area (Å²) in [6.45, 7) is 6.87. The van der Waals surface area contributed by atoms with Gasteiger partial charge in [-0.15, -0.1) is 0 Å². The number of aromatic nitrogens is 2. The number of fused-ring (bicyclic) bond motifs is 1. The first-order chi connectivity index (χ1) is 9.65. The summed E-state index contributed by atoms with van der Waals surface area (Å²) >= 11 is 12.0. The molecule has 0 N–H and O–H groups in total. The van der Waals surface area contributed by atoms with E-state index in [1.807, 2.05) is 13.8 Å². The molecule has 0 saturated heterocycles. The molecule has 112 valence electrons. The van der Waals surface area contributed by atoms with Crippen LogP contribution in [0, 0.1) is 0 Å². The molecule has 20 heavy (non-hydrogen) atoms. The van der Waals surface area contributed by atoms with Crippen LogP contribution in [0.5, 0.6) is 0 Å². The van der Waals surface area contributed by atoms with Crippen molar-refractivity contribution in [1.29, 1.82) is 0 Å². The average Bonchev–Trinajstić information content (AvgIpc) is 2.80. The third-order valence-corrected chi connectivity index (χ3v) is 3.66. The van der Waals surface area contributed by atoms with Crippen molar-refractivity contribution in [2.45, 2.75) is 33.0 Å². The summed E-state index contributed by atoms with van der Waals surface area (Å²) in [5.74, 6) is 0.835. The zero-order chi connectivity index (χ0) is 14.5. The molecule has 0 unspecified atom stereocenters. The van der Waals surface area contributed by atoms with Crippen molar-refractivity contribution in [1.82, 2.24) is 9.97 Å². The summed E-state index contributed by atoms with van der Waals surface area (Å²) in [6, 6.07) is 0. The van der Waals surface area contributed by atoms with E-state index in [1.165, 1.54) is 0 Å². The Hall–Kier alpha value is -0.620. The van der Waals surface area contributed by atoms with Gasteiger partial charge in [0.15, 0.2) is 6.29 Å². The molecule has 7 heteroatoms. The molecule has 1 aromatic heterocycles. The van der Waals surface area contributed by atoms with E-state index >= 15 is 0 Å². The standard InChI is InChI=1S/C13H19Cl2N3O2/c1-3-19-10(20-4-2)6-8-18-7-5-9-11(14)16-13(15)17-12(9)18/h10H,3-8H2,1-2H3. The first kappa shape index (κ1) is 15.8. The van der Waals surface area contributed by atoms with E-state index in [4.69, 9.17) is 32.7 Å². The Kier molecular flexibility index (Phi) is 5.84. The zero-order valence-corrected chi connectivity index (χ0v) is 13.2. The van der Waals surface area contributed by atoms with E-state index in [-0.39, 0.29) is 11.6 Å². The fourth-order valence-corrected chi connectivity index (χ4v) is 2.78. The molecule has 0 spiro atoms. The Morgan fingerprint density at radius 3 is 2.55 bits per heavy atom. The Bertz CT molecular complexity index is 453. The highest BCUT2D eigenvalue weighted by Crippen LogP contribution is 2.31. The summed E-state index contributed by atoms with van der Waals surface area (Å²) in [5.41, 5.74) is 0.973. The minimum absolute atomic E-state index is 0.179. The zero-order valence-electron chi connectivity index (χ0n) is 11.7. The SMILES string of the molecule is CCOC(CCN1CCc2c(Cl)nc(Cl)nc21)OCC. The molecule has 2 heterocycles. The molecule has 0 aromatic carbocycles. The van der Waals surface area contributed by atoms with Gasteiger partial charge in [-0.05, 0) is 31.9 Å². The maximum atomic E-state index is 6.09. The van der Waals surface area contributed by atoms with Crippen molar-refractivity contribution in [3.8, 4) is 0 Å². The van der Waals surface area contributed by atoms with Crippen LogP contribution in [0.1, 0.15) is 25.8 Å². The molecule has 0 radical (unpaired) electrons. The van der Waals surface area contributed by atoms with Crippen LogP contribution in [0.4, 0.5) is 5.82 Å². The van der Waals surface area contributed by atoms with E-state index in [0.717, 1.165) is 37.3 Å². The van der Waals surface area contributed by atoms with Crippen LogP contribution < -0.4 is 4.90 Å². The van der Waals surface area contributed by atoms with E-state index in [1.54, 1.807) is 0 Å². The fraction of sp³-hybridized carbons (Fsp3) is 0.692. The van der Waals surface area contributed by atoms with Crippen LogP contribution >= 0.6 is 23.2 Å². The predicted molar refractivity (Wildman–Crippen MR) is 79.6 cm³/mol. The van der Waals surface area contributed by atoms with Gasteiger partial charge in [0, 0.05) is 38.3 Å². The molecule has 0 aliphatic carbocycles. The van der Waals surface area contributed by atoms with Crippen molar-refractivity contribution in [3.63, 3.8) is 0 Å². The van der Waals surface area contributed by atoms with Gasteiger partial charge < -0.3 is 14.4 Å². The molecule has 0 saturated carbocycles.